The van der Waals surface area contributed by atoms with Crippen molar-refractivity contribution in [1.82, 2.24) is 15.0 Å². The highest BCUT2D eigenvalue weighted by molar-refractivity contribution is 7.92. The van der Waals surface area contributed by atoms with Crippen LogP contribution in [0, 0.1) is 5.82 Å². The average molecular weight is 619 g/mol. The molecular weight excluding hydrogens is 582 g/mol. The number of pyridine rings is 1. The number of nitrogens with one attached hydrogen (secondary N) is 1. The van der Waals surface area contributed by atoms with Crippen molar-refractivity contribution in [3.63, 3.8) is 0 Å². The molecule has 232 valence electrons. The highest BCUT2D eigenvalue weighted by Crippen LogP contribution is 2.37. The van der Waals surface area contributed by atoms with Crippen LogP contribution in [0.3, 0.4) is 0 Å². The van der Waals surface area contributed by atoms with E-state index in [0.717, 1.165) is 13.2 Å². The van der Waals surface area contributed by atoms with Gasteiger partial charge in [-0.25, -0.2) is 27.8 Å². The van der Waals surface area contributed by atoms with E-state index in [2.05, 4.69) is 19.7 Å². The molecule has 11 nitrogen and oxygen atoms in total. The van der Waals surface area contributed by atoms with E-state index in [-0.39, 0.29) is 36.7 Å². The lowest BCUT2D eigenvalue weighted by Gasteiger charge is -2.15. The Balaban J connectivity index is 0.000000934. The van der Waals surface area contributed by atoms with Crippen molar-refractivity contribution >= 4 is 38.2 Å². The first-order valence-electron chi connectivity index (χ1n) is 13.5. The summed E-state index contributed by atoms with van der Waals surface area (Å²) < 4.78 is 70.4. The molecule has 14 heteroatoms. The quantitative estimate of drug-likeness (QED) is 0.177. The van der Waals surface area contributed by atoms with Gasteiger partial charge in [-0.3, -0.25) is 9.11 Å². The Hall–Kier alpha value is -4.14. The highest BCUT2D eigenvalue weighted by atomic mass is 32.2. The summed E-state index contributed by atoms with van der Waals surface area (Å²) in [4.78, 5) is 13.1. The van der Waals surface area contributed by atoms with Crippen molar-refractivity contribution in [3.05, 3.63) is 54.5 Å². The minimum atomic E-state index is -3.94. The molecule has 0 aliphatic carbocycles. The third-order valence-corrected chi connectivity index (χ3v) is 7.27. The monoisotopic (exact) mass is 618 g/mol. The molecule has 0 radical (unpaired) electrons. The Morgan fingerprint density at radius 1 is 1.00 bits per heavy atom. The van der Waals surface area contributed by atoms with Crippen LogP contribution >= 0.6 is 0 Å². The van der Waals surface area contributed by atoms with Gasteiger partial charge in [0.05, 0.1) is 24.7 Å². The molecule has 2 aromatic carbocycles. The van der Waals surface area contributed by atoms with Crippen LogP contribution in [0.25, 0.3) is 33.4 Å². The molecule has 43 heavy (non-hydrogen) atoms. The van der Waals surface area contributed by atoms with E-state index in [9.17, 15) is 12.8 Å². The van der Waals surface area contributed by atoms with Gasteiger partial charge < -0.3 is 25.7 Å². The van der Waals surface area contributed by atoms with Crippen LogP contribution in [0.5, 0.6) is 5.75 Å². The fourth-order valence-corrected chi connectivity index (χ4v) is 4.98. The molecule has 0 amide bonds. The number of benzene rings is 2. The van der Waals surface area contributed by atoms with Gasteiger partial charge in [-0.05, 0) is 56.2 Å². The molecule has 0 fully saturated rings. The Kier molecular flexibility index (Phi) is 12.3. The van der Waals surface area contributed by atoms with Crippen LogP contribution in [0.1, 0.15) is 20.3 Å². The van der Waals surface area contributed by atoms with E-state index in [0.29, 0.717) is 39.4 Å². The average Bonchev–Trinajstić information content (AvgIpc) is 2.98. The van der Waals surface area contributed by atoms with Gasteiger partial charge in [0.2, 0.25) is 10.0 Å². The zero-order valence-corrected chi connectivity index (χ0v) is 25.1. The lowest BCUT2D eigenvalue weighted by Crippen LogP contribution is -2.18. The molecule has 4 aromatic rings. The van der Waals surface area contributed by atoms with E-state index >= 15 is 4.39 Å². The second-order valence-corrected chi connectivity index (χ2v) is 10.9. The van der Waals surface area contributed by atoms with Crippen molar-refractivity contribution in [2.45, 2.75) is 20.3 Å². The van der Waals surface area contributed by atoms with Crippen LogP contribution < -0.4 is 20.9 Å². The Labute approximate surface area is 249 Å². The number of hydrogen-bond acceptors (Lipinski definition) is 10. The predicted octanol–water partition coefficient (Wildman–Crippen LogP) is 4.83. The van der Waals surface area contributed by atoms with Crippen LogP contribution in [0.15, 0.2) is 48.7 Å². The maximum Gasteiger partial charge on any atom is 0.232 e. The number of hydrogen-bond donors (Lipinski definition) is 3. The maximum atomic E-state index is 15.5. The van der Waals surface area contributed by atoms with Crippen LogP contribution in [-0.4, -0.2) is 69.3 Å². The van der Waals surface area contributed by atoms with Crippen molar-refractivity contribution in [1.29, 1.82) is 0 Å². The van der Waals surface area contributed by atoms with Crippen LogP contribution in [-0.2, 0) is 19.5 Å². The number of halogens is 2. The molecular formula is C29H36F2N6O5S. The first kappa shape index (κ1) is 33.4. The summed E-state index contributed by atoms with van der Waals surface area (Å²) in [7, 11) is -2.41. The summed E-state index contributed by atoms with van der Waals surface area (Å²) >= 11 is 0. The third-order valence-electron chi connectivity index (χ3n) is 5.91. The molecule has 0 saturated carbocycles. The fourth-order valence-electron chi connectivity index (χ4n) is 3.89. The van der Waals surface area contributed by atoms with Gasteiger partial charge in [-0.2, -0.15) is 0 Å². The second-order valence-electron chi connectivity index (χ2n) is 9.03. The number of nitrogens with two attached hydrogens (primary N) is 2. The van der Waals surface area contributed by atoms with E-state index < -0.39 is 28.3 Å². The summed E-state index contributed by atoms with van der Waals surface area (Å²) in [6, 6.07) is 10.8. The number of nitrogens with zero attached hydrogens (tertiary/aromatic N) is 3. The molecule has 0 spiro atoms. The van der Waals surface area contributed by atoms with Gasteiger partial charge in [-0.1, -0.05) is 12.1 Å². The predicted molar refractivity (Wildman–Crippen MR) is 165 cm³/mol. The number of nitrogen functional groups attached to an aromatic ring is 2. The summed E-state index contributed by atoms with van der Waals surface area (Å²) in [5.41, 5.74) is 13.1. The normalized spacial score (nSPS) is 11.2. The van der Waals surface area contributed by atoms with Crippen molar-refractivity contribution in [2.75, 3.05) is 62.2 Å². The first-order valence-corrected chi connectivity index (χ1v) is 15.2. The molecule has 0 aliphatic heterocycles. The van der Waals surface area contributed by atoms with Gasteiger partial charge in [0.1, 0.15) is 29.5 Å². The molecule has 0 unspecified atom stereocenters. The molecule has 4 rings (SSSR count). The lowest BCUT2D eigenvalue weighted by molar-refractivity contribution is 0.147. The van der Waals surface area contributed by atoms with Gasteiger partial charge >= 0.3 is 0 Å². The smallest absolute Gasteiger partial charge is 0.232 e. The van der Waals surface area contributed by atoms with Crippen LogP contribution in [0.2, 0.25) is 0 Å². The third kappa shape index (κ3) is 9.17. The number of rotatable bonds is 13. The number of methoxy groups -OCH3 is 1. The zero-order valence-electron chi connectivity index (χ0n) is 24.3. The Bertz CT molecular complexity index is 1610. The number of sulfonamides is 1. The first-order chi connectivity index (χ1) is 20.6. The van der Waals surface area contributed by atoms with Gasteiger partial charge in [0.15, 0.2) is 11.6 Å². The van der Waals surface area contributed by atoms with Crippen molar-refractivity contribution in [3.8, 4) is 28.3 Å². The Morgan fingerprint density at radius 3 is 2.40 bits per heavy atom. The largest absolute Gasteiger partial charge is 0.489 e. The van der Waals surface area contributed by atoms with Gasteiger partial charge in [0, 0.05) is 43.0 Å². The number of aromatic nitrogens is 3. The molecule has 0 bridgehead atoms. The molecule has 5 N–H and O–H groups in total. The highest BCUT2D eigenvalue weighted by Gasteiger charge is 2.19. The summed E-state index contributed by atoms with van der Waals surface area (Å²) in [6.45, 7) is 5.33. The van der Waals surface area contributed by atoms with Gasteiger partial charge in [-0.15, -0.1) is 0 Å². The zero-order chi connectivity index (χ0) is 31.4. The van der Waals surface area contributed by atoms with E-state index in [1.807, 2.05) is 13.8 Å². The molecule has 0 atom stereocenters. The summed E-state index contributed by atoms with van der Waals surface area (Å²) in [5.74, 6) is -0.249. The van der Waals surface area contributed by atoms with Gasteiger partial charge in [0.25, 0.3) is 0 Å². The SMILES string of the molecule is CCOCC.COCCOc1cc(-c2cccc(NS(=O)(=O)CCCF)c2F)cc2c(N)nc(-c3ccc(N)nc3)nc12. The summed E-state index contributed by atoms with van der Waals surface area (Å²) in [6.07, 6.45) is 1.32. The standard InChI is InChI=1S/C25H26F2N6O4S.C4H10O/c1-36-9-10-37-20-13-16(17-4-2-5-19(22(17)27)33-38(34,35)11-3-8-26)12-18-23(20)31-25(32-24(18)29)15-6-7-21(28)30-14-15;1-3-5-4-2/h2,4-7,12-14,33H,3,8-11H2,1H3,(H2,28,30)(H2,29,31,32);3-4H2,1-2H3. The maximum absolute atomic E-state index is 15.5. The molecule has 2 heterocycles. The number of anilines is 3. The minimum absolute atomic E-state index is 0.0837. The number of ether oxygens (including phenoxy) is 3. The van der Waals surface area contributed by atoms with Crippen molar-refractivity contribution < 1.29 is 31.4 Å². The van der Waals surface area contributed by atoms with Crippen LogP contribution in [0.4, 0.5) is 26.1 Å². The van der Waals surface area contributed by atoms with E-state index in [4.69, 9.17) is 25.7 Å². The summed E-state index contributed by atoms with van der Waals surface area (Å²) in [5, 5.41) is 0.399. The topological polar surface area (TPSA) is 165 Å². The fraction of sp³-hybridized carbons (Fsp3) is 0.345. The molecule has 0 saturated heterocycles. The van der Waals surface area contributed by atoms with Crippen molar-refractivity contribution in [2.24, 2.45) is 0 Å². The number of alkyl halides is 1. The second kappa shape index (κ2) is 15.9. The number of fused-ring (bicyclic) bond motifs is 1. The van der Waals surface area contributed by atoms with E-state index in [1.165, 1.54) is 31.5 Å². The molecule has 2 aromatic heterocycles. The van der Waals surface area contributed by atoms with E-state index in [1.54, 1.807) is 24.3 Å². The lowest BCUT2D eigenvalue weighted by atomic mass is 10.0. The Morgan fingerprint density at radius 2 is 1.77 bits per heavy atom. The minimum Gasteiger partial charge on any atom is -0.489 e. The molecule has 0 aliphatic rings.